The van der Waals surface area contributed by atoms with Gasteiger partial charge in [-0.05, 0) is 25.0 Å². The number of thiazole rings is 1. The molecule has 0 atom stereocenters. The molecule has 0 aliphatic rings. The van der Waals surface area contributed by atoms with E-state index in [9.17, 15) is 4.39 Å². The van der Waals surface area contributed by atoms with Crippen LogP contribution in [-0.2, 0) is 6.42 Å². The highest BCUT2D eigenvalue weighted by Crippen LogP contribution is 2.27. The number of unbranched alkanes of at least 4 members (excludes halogenated alkanes) is 2. The van der Waals surface area contributed by atoms with E-state index in [1.165, 1.54) is 30.2 Å². The van der Waals surface area contributed by atoms with Crippen LogP contribution in [0.4, 0.5) is 4.39 Å². The van der Waals surface area contributed by atoms with Gasteiger partial charge in [0.1, 0.15) is 18.7 Å². The number of rotatable bonds is 5. The maximum Gasteiger partial charge on any atom is 0.132 e. The summed E-state index contributed by atoms with van der Waals surface area (Å²) < 4.78 is 13.7. The van der Waals surface area contributed by atoms with Gasteiger partial charge in [0.05, 0.1) is 0 Å². The van der Waals surface area contributed by atoms with E-state index < -0.39 is 0 Å². The van der Waals surface area contributed by atoms with Gasteiger partial charge in [0, 0.05) is 16.6 Å². The number of nitrogens with zero attached hydrogens (tertiary/aromatic N) is 1. The molecule has 0 saturated carbocycles. The zero-order valence-electron chi connectivity index (χ0n) is 10.4. The van der Waals surface area contributed by atoms with Gasteiger partial charge in [-0.1, -0.05) is 31.3 Å². The van der Waals surface area contributed by atoms with Gasteiger partial charge in [0.25, 0.3) is 0 Å². The third kappa shape index (κ3) is 3.19. The van der Waals surface area contributed by atoms with Crippen molar-refractivity contribution in [2.45, 2.75) is 32.6 Å². The number of aromatic nitrogens is 1. The second-order valence-electron chi connectivity index (χ2n) is 4.33. The fourth-order valence-corrected chi connectivity index (χ4v) is 2.78. The lowest BCUT2D eigenvalue weighted by molar-refractivity contribution is 0.632. The fourth-order valence-electron chi connectivity index (χ4n) is 1.80. The van der Waals surface area contributed by atoms with Crippen molar-refractivity contribution >= 4 is 24.6 Å². The molecule has 4 heteroatoms. The van der Waals surface area contributed by atoms with E-state index in [0.29, 0.717) is 11.0 Å². The molecule has 92 valence electrons. The average molecular weight is 259 g/mol. The molecule has 0 aliphatic heterocycles. The summed E-state index contributed by atoms with van der Waals surface area (Å²) in [5.74, 6) is -0.301. The van der Waals surface area contributed by atoms with Gasteiger partial charge in [0.15, 0.2) is 0 Å². The van der Waals surface area contributed by atoms with Gasteiger partial charge in [-0.15, -0.1) is 11.3 Å². The first-order chi connectivity index (χ1) is 8.70. The summed E-state index contributed by atoms with van der Waals surface area (Å²) in [4.78, 5) is 5.51. The number of hydrogen-bond acceptors (Lipinski definition) is 2. The Labute approximate surface area is 112 Å². The summed E-state index contributed by atoms with van der Waals surface area (Å²) >= 11 is 1.56. The molecule has 1 aromatic heterocycles. The van der Waals surface area contributed by atoms with Crippen molar-refractivity contribution in [2.75, 3.05) is 0 Å². The maximum absolute atomic E-state index is 13.7. The summed E-state index contributed by atoms with van der Waals surface area (Å²) in [6.45, 7) is 2.18. The van der Waals surface area contributed by atoms with E-state index in [4.69, 9.17) is 7.85 Å². The Kier molecular flexibility index (Phi) is 4.53. The van der Waals surface area contributed by atoms with E-state index in [-0.39, 0.29) is 5.82 Å². The largest absolute Gasteiger partial charge is 0.244 e. The van der Waals surface area contributed by atoms with E-state index in [2.05, 4.69) is 11.9 Å². The quantitative estimate of drug-likeness (QED) is 0.591. The Balaban J connectivity index is 2.13. The molecule has 1 aromatic carbocycles. The molecule has 18 heavy (non-hydrogen) atoms. The molecule has 0 aliphatic carbocycles. The van der Waals surface area contributed by atoms with E-state index >= 15 is 0 Å². The van der Waals surface area contributed by atoms with Gasteiger partial charge in [-0.3, -0.25) is 0 Å². The topological polar surface area (TPSA) is 12.9 Å². The van der Waals surface area contributed by atoms with Crippen LogP contribution in [0.25, 0.3) is 10.6 Å². The fraction of sp³-hybridized carbons (Fsp3) is 0.357. The maximum atomic E-state index is 13.7. The van der Waals surface area contributed by atoms with Crippen LogP contribution in [0.1, 0.15) is 31.1 Å². The van der Waals surface area contributed by atoms with Crippen molar-refractivity contribution in [3.8, 4) is 10.6 Å². The first kappa shape index (κ1) is 13.3. The SMILES string of the molecule is [B]c1ccc(-c2ncc(CCCCC)s2)c(F)c1. The molecule has 0 saturated heterocycles. The summed E-state index contributed by atoms with van der Waals surface area (Å²) in [5.41, 5.74) is 0.979. The highest BCUT2D eigenvalue weighted by atomic mass is 32.1. The molecule has 0 fully saturated rings. The highest BCUT2D eigenvalue weighted by molar-refractivity contribution is 7.15. The van der Waals surface area contributed by atoms with E-state index in [1.807, 2.05) is 6.20 Å². The zero-order chi connectivity index (χ0) is 13.0. The van der Waals surface area contributed by atoms with Gasteiger partial charge in [-0.25, -0.2) is 9.37 Å². The van der Waals surface area contributed by atoms with Gasteiger partial charge in [0.2, 0.25) is 0 Å². The van der Waals surface area contributed by atoms with Gasteiger partial charge in [-0.2, -0.15) is 0 Å². The number of aryl methyl sites for hydroxylation is 1. The van der Waals surface area contributed by atoms with Gasteiger partial charge >= 0.3 is 0 Å². The molecule has 0 amide bonds. The lowest BCUT2D eigenvalue weighted by Gasteiger charge is -2.00. The summed E-state index contributed by atoms with van der Waals surface area (Å²) in [7, 11) is 5.53. The third-order valence-corrected chi connectivity index (χ3v) is 3.89. The standard InChI is InChI=1S/C14H15BFNS/c1-2-3-4-5-11-9-17-14(18-11)12-7-6-10(15)8-13(12)16/h6-9H,2-5H2,1H3. The van der Waals surface area contributed by atoms with Crippen LogP contribution in [0, 0.1) is 5.82 Å². The minimum absolute atomic E-state index is 0.301. The van der Waals surface area contributed by atoms with Crippen molar-refractivity contribution < 1.29 is 4.39 Å². The molecule has 0 N–H and O–H groups in total. The summed E-state index contributed by atoms with van der Waals surface area (Å²) in [5, 5.41) is 0.735. The minimum atomic E-state index is -0.301. The zero-order valence-corrected chi connectivity index (χ0v) is 11.3. The van der Waals surface area contributed by atoms with Crippen molar-refractivity contribution in [3.63, 3.8) is 0 Å². The van der Waals surface area contributed by atoms with Crippen LogP contribution in [0.15, 0.2) is 24.4 Å². The Bertz CT molecular complexity index is 524. The summed E-state index contributed by atoms with van der Waals surface area (Å²) in [6, 6.07) is 4.74. The second kappa shape index (κ2) is 6.14. The average Bonchev–Trinajstić information content (AvgIpc) is 2.78. The van der Waals surface area contributed by atoms with Crippen LogP contribution >= 0.6 is 11.3 Å². The number of hydrogen-bond donors (Lipinski definition) is 0. The van der Waals surface area contributed by atoms with Crippen LogP contribution in [0.5, 0.6) is 0 Å². The lowest BCUT2D eigenvalue weighted by Crippen LogP contribution is -2.02. The van der Waals surface area contributed by atoms with E-state index in [1.54, 1.807) is 23.5 Å². The Morgan fingerprint density at radius 2 is 2.17 bits per heavy atom. The number of halogens is 1. The minimum Gasteiger partial charge on any atom is -0.244 e. The van der Waals surface area contributed by atoms with Crippen molar-refractivity contribution in [1.29, 1.82) is 0 Å². The van der Waals surface area contributed by atoms with E-state index in [0.717, 1.165) is 11.4 Å². The van der Waals surface area contributed by atoms with Crippen LogP contribution in [-0.4, -0.2) is 12.8 Å². The van der Waals surface area contributed by atoms with Crippen molar-refractivity contribution in [2.24, 2.45) is 0 Å². The molecule has 0 spiro atoms. The normalized spacial score (nSPS) is 10.8. The van der Waals surface area contributed by atoms with Crippen LogP contribution < -0.4 is 5.46 Å². The van der Waals surface area contributed by atoms with Crippen molar-refractivity contribution in [3.05, 3.63) is 35.1 Å². The third-order valence-electron chi connectivity index (χ3n) is 2.80. The molecule has 2 radical (unpaired) electrons. The first-order valence-corrected chi connectivity index (χ1v) is 7.02. The van der Waals surface area contributed by atoms with Crippen molar-refractivity contribution in [1.82, 2.24) is 4.98 Å². The number of benzene rings is 1. The Morgan fingerprint density at radius 3 is 2.89 bits per heavy atom. The lowest BCUT2D eigenvalue weighted by atomic mass is 9.95. The molecule has 2 aromatic rings. The Morgan fingerprint density at radius 1 is 1.33 bits per heavy atom. The predicted molar refractivity (Wildman–Crippen MR) is 76.1 cm³/mol. The monoisotopic (exact) mass is 259 g/mol. The van der Waals surface area contributed by atoms with Crippen LogP contribution in [0.2, 0.25) is 0 Å². The Hall–Kier alpha value is -1.16. The smallest absolute Gasteiger partial charge is 0.132 e. The molecule has 0 bridgehead atoms. The highest BCUT2D eigenvalue weighted by Gasteiger charge is 2.09. The molecule has 2 rings (SSSR count). The molecule has 0 unspecified atom stereocenters. The molecular weight excluding hydrogens is 244 g/mol. The molecular formula is C14H15BFNS. The second-order valence-corrected chi connectivity index (χ2v) is 5.44. The molecule has 1 heterocycles. The predicted octanol–water partition coefficient (Wildman–Crippen LogP) is 3.48. The van der Waals surface area contributed by atoms with Crippen LogP contribution in [0.3, 0.4) is 0 Å². The summed E-state index contributed by atoms with van der Waals surface area (Å²) in [6.07, 6.45) is 6.48. The molecule has 1 nitrogen and oxygen atoms in total. The van der Waals surface area contributed by atoms with Gasteiger partial charge < -0.3 is 0 Å². The first-order valence-electron chi connectivity index (χ1n) is 6.21.